The number of aromatic nitrogens is 2. The van der Waals surface area contributed by atoms with E-state index in [2.05, 4.69) is 11.1 Å². The molecule has 3 aliphatic heterocycles. The second-order valence-corrected chi connectivity index (χ2v) is 4.47. The summed E-state index contributed by atoms with van der Waals surface area (Å²) in [4.78, 5) is 16.4. The third kappa shape index (κ3) is 1.13. The molecule has 1 aromatic carbocycles. The lowest BCUT2D eigenvalue weighted by molar-refractivity contribution is 0.0962. The zero-order chi connectivity index (χ0) is 12.1. The molecule has 3 nitrogen and oxygen atoms in total. The quantitative estimate of drug-likeness (QED) is 0.599. The van der Waals surface area contributed by atoms with Gasteiger partial charge in [-0.1, -0.05) is 24.3 Å². The third-order valence-electron chi connectivity index (χ3n) is 3.45. The lowest BCUT2D eigenvalue weighted by Gasteiger charge is -2.16. The Kier molecular flexibility index (Phi) is 1.75. The molecule has 0 aliphatic carbocycles. The Hall–Kier alpha value is -2.42. The van der Waals surface area contributed by atoms with Crippen molar-refractivity contribution in [2.75, 3.05) is 0 Å². The van der Waals surface area contributed by atoms with Crippen LogP contribution in [0.3, 0.4) is 0 Å². The number of pyridine rings is 1. The molecule has 0 N–H and O–H groups in total. The number of hydrogen-bond acceptors (Lipinski definition) is 2. The van der Waals surface area contributed by atoms with E-state index in [4.69, 9.17) is 0 Å². The number of nitrogens with zero attached hydrogens (tertiary/aromatic N) is 2. The van der Waals surface area contributed by atoms with Crippen LogP contribution in [0.25, 0.3) is 22.2 Å². The minimum Gasteiger partial charge on any atom is -0.286 e. The zero-order valence-corrected chi connectivity index (χ0v) is 9.63. The van der Waals surface area contributed by atoms with Crippen molar-refractivity contribution in [1.82, 2.24) is 9.55 Å². The second-order valence-electron chi connectivity index (χ2n) is 4.47. The molecule has 0 saturated heterocycles. The summed E-state index contributed by atoms with van der Waals surface area (Å²) in [6.45, 7) is 0. The van der Waals surface area contributed by atoms with Crippen molar-refractivity contribution in [3.63, 3.8) is 0 Å². The van der Waals surface area contributed by atoms with Gasteiger partial charge in [0.1, 0.15) is 0 Å². The largest absolute Gasteiger partial charge is 0.286 e. The number of para-hydroxylation sites is 1. The first-order valence-electron chi connectivity index (χ1n) is 5.94. The van der Waals surface area contributed by atoms with E-state index in [9.17, 15) is 4.79 Å². The van der Waals surface area contributed by atoms with E-state index >= 15 is 0 Å². The fourth-order valence-corrected chi connectivity index (χ4v) is 2.60. The summed E-state index contributed by atoms with van der Waals surface area (Å²) in [6.07, 6.45) is 6.11. The van der Waals surface area contributed by atoms with Crippen LogP contribution in [0.1, 0.15) is 10.5 Å². The van der Waals surface area contributed by atoms with Gasteiger partial charge >= 0.3 is 0 Å². The van der Waals surface area contributed by atoms with Crippen LogP contribution in [0.2, 0.25) is 0 Å². The standard InChI is InChI=1S/C15H10N2O/c18-14-7-3-6-13-15-11(8-9-17(13)14)10-4-1-2-5-12(10)16-15/h1-5,7-9H,6H2. The molecule has 86 valence electrons. The fourth-order valence-electron chi connectivity index (χ4n) is 2.60. The lowest BCUT2D eigenvalue weighted by atomic mass is 10.0. The van der Waals surface area contributed by atoms with Gasteiger partial charge in [0.2, 0.25) is 0 Å². The van der Waals surface area contributed by atoms with E-state index in [1.54, 1.807) is 10.6 Å². The van der Waals surface area contributed by atoms with Crippen LogP contribution >= 0.6 is 0 Å². The molecule has 0 bridgehead atoms. The number of benzene rings is 1. The molecule has 3 heteroatoms. The molecule has 0 spiro atoms. The highest BCUT2D eigenvalue weighted by atomic mass is 16.1. The summed E-state index contributed by atoms with van der Waals surface area (Å²) in [5.41, 5.74) is 4.04. The van der Waals surface area contributed by atoms with Crippen molar-refractivity contribution in [2.45, 2.75) is 6.42 Å². The average Bonchev–Trinajstić information content (AvgIpc) is 2.78. The van der Waals surface area contributed by atoms with E-state index in [0.29, 0.717) is 0 Å². The van der Waals surface area contributed by atoms with E-state index in [1.807, 2.05) is 36.5 Å². The number of hydrogen-bond donors (Lipinski definition) is 0. The molecule has 0 fully saturated rings. The average molecular weight is 234 g/mol. The van der Waals surface area contributed by atoms with Crippen LogP contribution in [0.5, 0.6) is 0 Å². The molecule has 0 atom stereocenters. The van der Waals surface area contributed by atoms with Crippen molar-refractivity contribution in [2.24, 2.45) is 0 Å². The molecule has 4 rings (SSSR count). The summed E-state index contributed by atoms with van der Waals surface area (Å²) >= 11 is 0. The predicted molar refractivity (Wildman–Crippen MR) is 69.8 cm³/mol. The Labute approximate surface area is 104 Å². The normalized spacial score (nSPS) is 14.3. The van der Waals surface area contributed by atoms with Crippen molar-refractivity contribution in [1.29, 1.82) is 0 Å². The Morgan fingerprint density at radius 3 is 3.00 bits per heavy atom. The van der Waals surface area contributed by atoms with Crippen LogP contribution in [0, 0.1) is 0 Å². The molecule has 0 unspecified atom stereocenters. The van der Waals surface area contributed by atoms with Crippen LogP contribution in [-0.4, -0.2) is 15.5 Å². The highest BCUT2D eigenvalue weighted by Crippen LogP contribution is 2.34. The summed E-state index contributed by atoms with van der Waals surface area (Å²) in [7, 11) is 0. The van der Waals surface area contributed by atoms with Gasteiger partial charge < -0.3 is 0 Å². The van der Waals surface area contributed by atoms with E-state index in [-0.39, 0.29) is 5.91 Å². The first-order valence-corrected chi connectivity index (χ1v) is 5.94. The van der Waals surface area contributed by atoms with Gasteiger partial charge in [-0.3, -0.25) is 9.36 Å². The minimum absolute atomic E-state index is 0.00482. The minimum atomic E-state index is 0.00482. The number of carbonyl (C=O) groups is 1. The molecule has 3 heterocycles. The van der Waals surface area contributed by atoms with E-state index < -0.39 is 0 Å². The molecule has 0 radical (unpaired) electrons. The molecular formula is C15H10N2O. The number of fused-ring (bicyclic) bond motifs is 5. The first kappa shape index (κ1) is 9.59. The van der Waals surface area contributed by atoms with Crippen molar-refractivity contribution in [3.8, 4) is 11.3 Å². The number of carbonyl (C=O) groups excluding carboxylic acids is 1. The molecule has 0 saturated carbocycles. The summed E-state index contributed by atoms with van der Waals surface area (Å²) in [5.74, 6) is 0.00482. The summed E-state index contributed by atoms with van der Waals surface area (Å²) < 4.78 is 1.69. The number of rotatable bonds is 0. The Morgan fingerprint density at radius 2 is 2.06 bits per heavy atom. The van der Waals surface area contributed by atoms with Gasteiger partial charge in [-0.2, -0.15) is 0 Å². The predicted octanol–water partition coefficient (Wildman–Crippen LogP) is 2.89. The van der Waals surface area contributed by atoms with Gasteiger partial charge in [-0.25, -0.2) is 4.98 Å². The molecule has 18 heavy (non-hydrogen) atoms. The van der Waals surface area contributed by atoms with E-state index in [1.165, 1.54) is 0 Å². The van der Waals surface area contributed by atoms with Crippen LogP contribution < -0.4 is 0 Å². The molecule has 0 amide bonds. The Morgan fingerprint density at radius 1 is 1.17 bits per heavy atom. The lowest BCUT2D eigenvalue weighted by Crippen LogP contribution is -2.17. The van der Waals surface area contributed by atoms with Crippen LogP contribution in [0.4, 0.5) is 0 Å². The summed E-state index contributed by atoms with van der Waals surface area (Å²) in [5, 5.41) is 1.15. The highest BCUT2D eigenvalue weighted by Gasteiger charge is 2.20. The zero-order valence-electron chi connectivity index (χ0n) is 9.63. The van der Waals surface area contributed by atoms with E-state index in [0.717, 1.165) is 34.3 Å². The Bertz CT molecular complexity index is 782. The monoisotopic (exact) mass is 234 g/mol. The van der Waals surface area contributed by atoms with Gasteiger partial charge in [-0.15, -0.1) is 0 Å². The molecular weight excluding hydrogens is 224 g/mol. The van der Waals surface area contributed by atoms with Crippen molar-refractivity contribution in [3.05, 3.63) is 54.4 Å². The number of allylic oxidation sites excluding steroid dienone is 2. The molecule has 3 aliphatic rings. The maximum absolute atomic E-state index is 11.8. The topological polar surface area (TPSA) is 34.9 Å². The third-order valence-corrected chi connectivity index (χ3v) is 3.45. The SMILES string of the molecule is O=C1C=CCc2c3nc4ccccc4c-3ccn21. The highest BCUT2D eigenvalue weighted by molar-refractivity contribution is 6.00. The van der Waals surface area contributed by atoms with Crippen molar-refractivity contribution >= 4 is 16.8 Å². The van der Waals surface area contributed by atoms with Gasteiger partial charge in [0.15, 0.2) is 0 Å². The fraction of sp³-hybridized carbons (Fsp3) is 0.0667. The Balaban J connectivity index is 2.14. The maximum Gasteiger partial charge on any atom is 0.254 e. The van der Waals surface area contributed by atoms with Crippen LogP contribution in [-0.2, 0) is 6.42 Å². The van der Waals surface area contributed by atoms with Gasteiger partial charge in [-0.05, 0) is 12.1 Å². The maximum atomic E-state index is 11.8. The summed E-state index contributed by atoms with van der Waals surface area (Å²) in [6, 6.07) is 10.1. The van der Waals surface area contributed by atoms with Gasteiger partial charge in [0.05, 0.1) is 16.9 Å². The first-order chi connectivity index (χ1) is 8.84. The molecule has 1 aromatic rings. The second kappa shape index (κ2) is 3.29. The van der Waals surface area contributed by atoms with Gasteiger partial charge in [0, 0.05) is 29.6 Å². The van der Waals surface area contributed by atoms with Gasteiger partial charge in [0.25, 0.3) is 5.91 Å². The van der Waals surface area contributed by atoms with Crippen LogP contribution in [0.15, 0.2) is 48.7 Å². The molecule has 0 aromatic heterocycles. The smallest absolute Gasteiger partial charge is 0.254 e. The van der Waals surface area contributed by atoms with Crippen molar-refractivity contribution < 1.29 is 4.79 Å².